The lowest BCUT2D eigenvalue weighted by Gasteiger charge is -2.29. The van der Waals surface area contributed by atoms with Crippen molar-refractivity contribution in [2.75, 3.05) is 0 Å². The Bertz CT molecular complexity index is 1680. The van der Waals surface area contributed by atoms with Crippen molar-refractivity contribution in [1.82, 2.24) is 34.7 Å². The highest BCUT2D eigenvalue weighted by Crippen LogP contribution is 2.36. The molecule has 5 rings (SSSR count). The Morgan fingerprint density at radius 2 is 1.57 bits per heavy atom. The summed E-state index contributed by atoms with van der Waals surface area (Å²) in [7, 11) is 0. The summed E-state index contributed by atoms with van der Waals surface area (Å²) in [5.74, 6) is 0.501. The topological polar surface area (TPSA) is 94.3 Å². The summed E-state index contributed by atoms with van der Waals surface area (Å²) < 4.78 is 3.86. The van der Waals surface area contributed by atoms with Crippen molar-refractivity contribution in [3.8, 4) is 28.2 Å². The average Bonchev–Trinajstić information content (AvgIpc) is 3.60. The predicted octanol–water partition coefficient (Wildman–Crippen LogP) is 6.87. The number of imidazole rings is 1. The van der Waals surface area contributed by atoms with Crippen molar-refractivity contribution < 1.29 is 0 Å². The molecule has 3 heterocycles. The van der Waals surface area contributed by atoms with E-state index in [1.807, 2.05) is 15.2 Å². The van der Waals surface area contributed by atoms with Crippen LogP contribution in [0.1, 0.15) is 83.7 Å². The van der Waals surface area contributed by atoms with E-state index in [4.69, 9.17) is 0 Å². The molecule has 8 heteroatoms. The molecule has 0 atom stereocenters. The molecule has 1 N–H and O–H groups in total. The SMILES string of the molecule is CCCCc1cn(-c2c(C(C)(C)C)cccc2C(C)(C)C)c(=O)n1Cc1ccc(-c2ccncc2-c2nn[nH]n2)cc1. The van der Waals surface area contributed by atoms with Gasteiger partial charge in [-0.3, -0.25) is 14.1 Å². The number of nitrogens with one attached hydrogen (secondary N) is 1. The molecule has 5 aromatic rings. The third-order valence-electron chi connectivity index (χ3n) is 7.75. The van der Waals surface area contributed by atoms with Gasteiger partial charge in [0.2, 0.25) is 5.82 Å². The number of aromatic nitrogens is 7. The molecule has 0 aliphatic heterocycles. The molecule has 8 nitrogen and oxygen atoms in total. The number of para-hydroxylation sites is 1. The first-order chi connectivity index (χ1) is 20.0. The van der Waals surface area contributed by atoms with E-state index in [9.17, 15) is 4.79 Å². The van der Waals surface area contributed by atoms with Gasteiger partial charge in [-0.1, -0.05) is 97.4 Å². The number of pyridine rings is 1. The summed E-state index contributed by atoms with van der Waals surface area (Å²) in [4.78, 5) is 18.5. The van der Waals surface area contributed by atoms with Crippen LogP contribution in [0.2, 0.25) is 0 Å². The molecule has 0 bridgehead atoms. The number of hydrogen-bond donors (Lipinski definition) is 1. The highest BCUT2D eigenvalue weighted by Gasteiger charge is 2.28. The number of hydrogen-bond acceptors (Lipinski definition) is 5. The lowest BCUT2D eigenvalue weighted by molar-refractivity contribution is 0.559. The molecule has 0 aliphatic carbocycles. The number of tetrazole rings is 1. The van der Waals surface area contributed by atoms with E-state index in [1.165, 1.54) is 11.1 Å². The molecule has 0 radical (unpaired) electrons. The van der Waals surface area contributed by atoms with Crippen LogP contribution in [0.25, 0.3) is 28.2 Å². The minimum atomic E-state index is -0.120. The third-order valence-corrected chi connectivity index (χ3v) is 7.75. The fourth-order valence-corrected chi connectivity index (χ4v) is 5.50. The van der Waals surface area contributed by atoms with E-state index < -0.39 is 0 Å². The third kappa shape index (κ3) is 5.84. The number of rotatable bonds is 8. The molecular weight excluding hydrogens is 522 g/mol. The van der Waals surface area contributed by atoms with Crippen LogP contribution in [0.3, 0.4) is 0 Å². The summed E-state index contributed by atoms with van der Waals surface area (Å²) in [6.45, 7) is 16.0. The minimum absolute atomic E-state index is 0.000839. The lowest BCUT2D eigenvalue weighted by atomic mass is 9.78. The van der Waals surface area contributed by atoms with Crippen molar-refractivity contribution in [2.24, 2.45) is 0 Å². The van der Waals surface area contributed by atoms with Crippen LogP contribution in [0.4, 0.5) is 0 Å². The Kier molecular flexibility index (Phi) is 7.99. The Balaban J connectivity index is 1.57. The van der Waals surface area contributed by atoms with Gasteiger partial charge in [0.25, 0.3) is 0 Å². The van der Waals surface area contributed by atoms with Crippen LogP contribution < -0.4 is 5.69 Å². The van der Waals surface area contributed by atoms with E-state index in [2.05, 4.69) is 123 Å². The smallest absolute Gasteiger partial charge is 0.292 e. The zero-order chi connectivity index (χ0) is 30.1. The van der Waals surface area contributed by atoms with Gasteiger partial charge in [0.05, 0.1) is 12.2 Å². The number of aromatic amines is 1. The van der Waals surface area contributed by atoms with Gasteiger partial charge < -0.3 is 0 Å². The van der Waals surface area contributed by atoms with Crippen molar-refractivity contribution in [3.63, 3.8) is 0 Å². The quantitative estimate of drug-likeness (QED) is 0.222. The van der Waals surface area contributed by atoms with Gasteiger partial charge in [-0.15, -0.1) is 10.2 Å². The Labute approximate surface area is 247 Å². The second-order valence-corrected chi connectivity index (χ2v) is 13.0. The Morgan fingerprint density at radius 1 is 0.881 bits per heavy atom. The van der Waals surface area contributed by atoms with Gasteiger partial charge in [-0.25, -0.2) is 4.79 Å². The zero-order valence-corrected chi connectivity index (χ0v) is 25.8. The maximum Gasteiger partial charge on any atom is 0.333 e. The molecule has 2 aromatic carbocycles. The van der Waals surface area contributed by atoms with Gasteiger partial charge in [0, 0.05) is 29.8 Å². The summed E-state index contributed by atoms with van der Waals surface area (Å²) in [6.07, 6.45) is 8.53. The molecule has 0 saturated heterocycles. The van der Waals surface area contributed by atoms with Crippen LogP contribution in [0.5, 0.6) is 0 Å². The average molecular weight is 564 g/mol. The number of benzene rings is 2. The van der Waals surface area contributed by atoms with Gasteiger partial charge in [-0.2, -0.15) is 5.21 Å². The first kappa shape index (κ1) is 29.2. The predicted molar refractivity (Wildman–Crippen MR) is 168 cm³/mol. The van der Waals surface area contributed by atoms with Crippen molar-refractivity contribution in [1.29, 1.82) is 0 Å². The molecule has 0 aliphatic rings. The van der Waals surface area contributed by atoms with Gasteiger partial charge >= 0.3 is 5.69 Å². The first-order valence-corrected chi connectivity index (χ1v) is 14.7. The molecule has 3 aromatic heterocycles. The number of nitrogens with zero attached hydrogens (tertiary/aromatic N) is 6. The molecule has 0 fully saturated rings. The first-order valence-electron chi connectivity index (χ1n) is 14.7. The van der Waals surface area contributed by atoms with Crippen LogP contribution in [0.15, 0.2) is 71.9 Å². The highest BCUT2D eigenvalue weighted by molar-refractivity contribution is 5.79. The van der Waals surface area contributed by atoms with E-state index in [-0.39, 0.29) is 16.5 Å². The molecule has 0 amide bonds. The van der Waals surface area contributed by atoms with E-state index >= 15 is 0 Å². The molecule has 0 spiro atoms. The van der Waals surface area contributed by atoms with Crippen molar-refractivity contribution in [2.45, 2.75) is 85.1 Å². The normalized spacial score (nSPS) is 12.2. The van der Waals surface area contributed by atoms with Crippen molar-refractivity contribution in [3.05, 3.63) is 100.0 Å². The summed E-state index contributed by atoms with van der Waals surface area (Å²) >= 11 is 0. The second-order valence-electron chi connectivity index (χ2n) is 13.0. The number of unbranched alkanes of at least 4 members (excludes halogenated alkanes) is 1. The number of H-pyrrole nitrogens is 1. The Hall–Kier alpha value is -4.33. The largest absolute Gasteiger partial charge is 0.333 e. The summed E-state index contributed by atoms with van der Waals surface area (Å²) in [5.41, 5.74) is 8.04. The van der Waals surface area contributed by atoms with E-state index in [1.54, 1.807) is 12.4 Å². The van der Waals surface area contributed by atoms with Gasteiger partial charge in [-0.05, 0) is 62.8 Å². The van der Waals surface area contributed by atoms with E-state index in [0.717, 1.165) is 52.9 Å². The fourth-order valence-electron chi connectivity index (χ4n) is 5.50. The maximum atomic E-state index is 14.3. The van der Waals surface area contributed by atoms with Crippen LogP contribution >= 0.6 is 0 Å². The van der Waals surface area contributed by atoms with Crippen LogP contribution in [0, 0.1) is 0 Å². The maximum absolute atomic E-state index is 14.3. The van der Waals surface area contributed by atoms with Gasteiger partial charge in [0.1, 0.15) is 0 Å². The van der Waals surface area contributed by atoms with Crippen LogP contribution in [-0.2, 0) is 23.8 Å². The standard InChI is InChI=1S/C34H41N7O/c1-8-9-11-25-22-41(30-28(33(2,3)4)12-10-13-29(30)34(5,6)7)32(42)40(25)21-23-14-16-24(17-15-23)26-18-19-35-20-27(26)31-36-38-39-37-31/h10,12-20,22H,8-9,11,21H2,1-7H3,(H,36,37,38,39). The summed E-state index contributed by atoms with van der Waals surface area (Å²) in [6, 6.07) is 16.7. The molecule has 0 unspecified atom stereocenters. The summed E-state index contributed by atoms with van der Waals surface area (Å²) in [5, 5.41) is 14.5. The molecular formula is C34H41N7O. The van der Waals surface area contributed by atoms with E-state index in [0.29, 0.717) is 12.4 Å². The minimum Gasteiger partial charge on any atom is -0.292 e. The highest BCUT2D eigenvalue weighted by atomic mass is 16.1. The number of aryl methyl sites for hydroxylation is 1. The Morgan fingerprint density at radius 3 is 2.17 bits per heavy atom. The zero-order valence-electron chi connectivity index (χ0n) is 25.8. The van der Waals surface area contributed by atoms with Crippen LogP contribution in [-0.4, -0.2) is 34.7 Å². The monoisotopic (exact) mass is 563 g/mol. The molecule has 42 heavy (non-hydrogen) atoms. The second kappa shape index (κ2) is 11.5. The van der Waals surface area contributed by atoms with Crippen molar-refractivity contribution >= 4 is 0 Å². The molecule has 218 valence electrons. The fraction of sp³-hybridized carbons (Fsp3) is 0.382. The lowest BCUT2D eigenvalue weighted by Crippen LogP contribution is -2.29. The van der Waals surface area contributed by atoms with Gasteiger partial charge in [0.15, 0.2) is 0 Å². The molecule has 0 saturated carbocycles.